The lowest BCUT2D eigenvalue weighted by Gasteiger charge is -1.91. The monoisotopic (exact) mass is 204 g/mol. The van der Waals surface area contributed by atoms with Crippen LogP contribution in [0.5, 0.6) is 0 Å². The molecule has 1 rings (SSSR count). The number of nitrogens with one attached hydrogen (secondary N) is 1. The van der Waals surface area contributed by atoms with Crippen molar-refractivity contribution in [2.45, 2.75) is 0 Å². The Kier molecular flexibility index (Phi) is 2.52. The summed E-state index contributed by atoms with van der Waals surface area (Å²) in [4.78, 5) is 22.7. The van der Waals surface area contributed by atoms with Gasteiger partial charge in [0.15, 0.2) is 0 Å². The molecule has 0 aromatic carbocycles. The topological polar surface area (TPSA) is 85.2 Å². The number of rotatable bonds is 2. The van der Waals surface area contributed by atoms with Crippen LogP contribution in [-0.4, -0.2) is 23.0 Å². The van der Waals surface area contributed by atoms with Crippen molar-refractivity contribution < 1.29 is 14.5 Å². The number of carbonyl (C=O) groups excluding carboxylic acids is 1. The fourth-order valence-electron chi connectivity index (χ4n) is 0.765. The zero-order valence-corrected chi connectivity index (χ0v) is 7.29. The molecule has 0 bridgehead atoms. The molecule has 0 aliphatic carbocycles. The van der Waals surface area contributed by atoms with E-state index in [1.165, 1.54) is 0 Å². The summed E-state index contributed by atoms with van der Waals surface area (Å²) in [6.45, 7) is 0. The van der Waals surface area contributed by atoms with E-state index in [1.807, 2.05) is 0 Å². The molecule has 0 fully saturated rings. The molecule has 1 N–H and O–H groups in total. The SMILES string of the molecule is COC(=O)c1[nH]c([N+](=O)[O-])cc1Cl. The van der Waals surface area contributed by atoms with Crippen LogP contribution in [0.4, 0.5) is 5.82 Å². The highest BCUT2D eigenvalue weighted by molar-refractivity contribution is 6.33. The van der Waals surface area contributed by atoms with Crippen molar-refractivity contribution in [3.05, 3.63) is 26.9 Å². The molecule has 6 nitrogen and oxygen atoms in total. The number of aromatic amines is 1. The van der Waals surface area contributed by atoms with Gasteiger partial charge in [0.05, 0.1) is 13.2 Å². The Morgan fingerprint density at radius 2 is 2.38 bits per heavy atom. The Morgan fingerprint density at radius 3 is 2.77 bits per heavy atom. The predicted molar refractivity (Wildman–Crippen MR) is 43.8 cm³/mol. The molecule has 70 valence electrons. The number of ether oxygens (including phenoxy) is 1. The summed E-state index contributed by atoms with van der Waals surface area (Å²) in [6.07, 6.45) is 0. The lowest BCUT2D eigenvalue weighted by atomic mass is 10.4. The van der Waals surface area contributed by atoms with E-state index in [9.17, 15) is 14.9 Å². The average Bonchev–Trinajstić information content (AvgIpc) is 2.46. The number of nitro groups is 1. The average molecular weight is 205 g/mol. The van der Waals surface area contributed by atoms with Gasteiger partial charge in [-0.3, -0.25) is 0 Å². The number of hydrogen-bond acceptors (Lipinski definition) is 4. The molecule has 13 heavy (non-hydrogen) atoms. The second-order valence-electron chi connectivity index (χ2n) is 2.13. The number of halogens is 1. The number of aromatic nitrogens is 1. The van der Waals surface area contributed by atoms with Crippen LogP contribution in [0.3, 0.4) is 0 Å². The summed E-state index contributed by atoms with van der Waals surface area (Å²) in [5.74, 6) is -1.08. The molecule has 0 aliphatic rings. The van der Waals surface area contributed by atoms with Crippen LogP contribution in [0.2, 0.25) is 5.02 Å². The van der Waals surface area contributed by atoms with E-state index in [-0.39, 0.29) is 16.5 Å². The highest BCUT2D eigenvalue weighted by Gasteiger charge is 2.21. The molecule has 0 saturated heterocycles. The van der Waals surface area contributed by atoms with Gasteiger partial charge < -0.3 is 14.9 Å². The number of H-pyrrole nitrogens is 1. The Labute approximate surface area is 77.6 Å². The highest BCUT2D eigenvalue weighted by Crippen LogP contribution is 2.22. The Balaban J connectivity index is 3.10. The summed E-state index contributed by atoms with van der Waals surface area (Å²) in [7, 11) is 1.16. The molecule has 0 saturated carbocycles. The van der Waals surface area contributed by atoms with Gasteiger partial charge in [-0.1, -0.05) is 11.6 Å². The molecule has 1 aromatic rings. The minimum Gasteiger partial charge on any atom is -0.463 e. The quantitative estimate of drug-likeness (QED) is 0.448. The largest absolute Gasteiger partial charge is 0.463 e. The van der Waals surface area contributed by atoms with Gasteiger partial charge in [0.2, 0.25) is 5.69 Å². The van der Waals surface area contributed by atoms with Gasteiger partial charge in [-0.25, -0.2) is 9.78 Å². The molecule has 0 atom stereocenters. The molecule has 0 unspecified atom stereocenters. The van der Waals surface area contributed by atoms with Crippen LogP contribution in [0.25, 0.3) is 0 Å². The van der Waals surface area contributed by atoms with Crippen LogP contribution in [0, 0.1) is 10.1 Å². The van der Waals surface area contributed by atoms with Gasteiger partial charge >= 0.3 is 11.8 Å². The minimum atomic E-state index is -0.738. The van der Waals surface area contributed by atoms with Gasteiger partial charge in [0, 0.05) is 0 Å². The molecule has 0 amide bonds. The van der Waals surface area contributed by atoms with Crippen LogP contribution < -0.4 is 0 Å². The number of esters is 1. The van der Waals surface area contributed by atoms with Crippen molar-refractivity contribution >= 4 is 23.4 Å². The zero-order valence-electron chi connectivity index (χ0n) is 6.54. The van der Waals surface area contributed by atoms with Crippen LogP contribution in [0.15, 0.2) is 6.07 Å². The second kappa shape index (κ2) is 3.44. The van der Waals surface area contributed by atoms with E-state index in [0.29, 0.717) is 0 Å². The van der Waals surface area contributed by atoms with Crippen molar-refractivity contribution in [2.24, 2.45) is 0 Å². The molecule has 1 heterocycles. The summed E-state index contributed by atoms with van der Waals surface area (Å²) in [5, 5.41) is 10.2. The van der Waals surface area contributed by atoms with E-state index < -0.39 is 10.9 Å². The number of carbonyl (C=O) groups is 1. The Bertz CT molecular complexity index is 360. The van der Waals surface area contributed by atoms with Crippen molar-refractivity contribution in [3.8, 4) is 0 Å². The Hall–Kier alpha value is -1.56. The highest BCUT2D eigenvalue weighted by atomic mass is 35.5. The standard InChI is InChI=1S/C6H5ClN2O4/c1-13-6(10)5-3(7)2-4(8-5)9(11)12/h2,8H,1H3. The van der Waals surface area contributed by atoms with Crippen LogP contribution in [-0.2, 0) is 4.74 Å². The predicted octanol–water partition coefficient (Wildman–Crippen LogP) is 1.36. The first kappa shape index (κ1) is 9.53. The summed E-state index contributed by atoms with van der Waals surface area (Å²) < 4.78 is 4.33. The summed E-state index contributed by atoms with van der Waals surface area (Å²) in [5.41, 5.74) is -0.115. The van der Waals surface area contributed by atoms with Crippen molar-refractivity contribution in [3.63, 3.8) is 0 Å². The van der Waals surface area contributed by atoms with Gasteiger partial charge in [0.1, 0.15) is 5.02 Å². The lowest BCUT2D eigenvalue weighted by molar-refractivity contribution is -0.389. The molecule has 0 aliphatic heterocycles. The van der Waals surface area contributed by atoms with E-state index >= 15 is 0 Å². The maximum absolute atomic E-state index is 10.9. The Morgan fingerprint density at radius 1 is 1.77 bits per heavy atom. The van der Waals surface area contributed by atoms with E-state index in [0.717, 1.165) is 13.2 Å². The normalized spacial score (nSPS) is 9.69. The van der Waals surface area contributed by atoms with Gasteiger partial charge in [-0.2, -0.15) is 0 Å². The molecule has 0 radical (unpaired) electrons. The molecular formula is C6H5ClN2O4. The maximum Gasteiger partial charge on any atom is 0.379 e. The lowest BCUT2D eigenvalue weighted by Crippen LogP contribution is -2.02. The van der Waals surface area contributed by atoms with E-state index in [4.69, 9.17) is 11.6 Å². The zero-order chi connectivity index (χ0) is 10.0. The first-order chi connectivity index (χ1) is 6.06. The molecule has 7 heteroatoms. The first-order valence-electron chi connectivity index (χ1n) is 3.17. The molecule has 0 spiro atoms. The minimum absolute atomic E-state index is 0.0291. The van der Waals surface area contributed by atoms with Crippen LogP contribution in [0.1, 0.15) is 10.5 Å². The third kappa shape index (κ3) is 1.78. The van der Waals surface area contributed by atoms with E-state index in [1.54, 1.807) is 0 Å². The van der Waals surface area contributed by atoms with Gasteiger partial charge in [-0.05, 0) is 4.92 Å². The summed E-state index contributed by atoms with van der Waals surface area (Å²) >= 11 is 5.53. The van der Waals surface area contributed by atoms with Crippen molar-refractivity contribution in [1.29, 1.82) is 0 Å². The van der Waals surface area contributed by atoms with Gasteiger partial charge in [-0.15, -0.1) is 0 Å². The smallest absolute Gasteiger partial charge is 0.379 e. The van der Waals surface area contributed by atoms with Crippen molar-refractivity contribution in [1.82, 2.24) is 4.98 Å². The molecular weight excluding hydrogens is 200 g/mol. The number of hydrogen-bond donors (Lipinski definition) is 1. The van der Waals surface area contributed by atoms with Crippen LogP contribution >= 0.6 is 11.6 Å². The van der Waals surface area contributed by atoms with E-state index in [2.05, 4.69) is 9.72 Å². The third-order valence-corrected chi connectivity index (χ3v) is 1.64. The third-order valence-electron chi connectivity index (χ3n) is 1.34. The first-order valence-corrected chi connectivity index (χ1v) is 3.55. The summed E-state index contributed by atoms with van der Waals surface area (Å²) in [6, 6.07) is 1.05. The van der Waals surface area contributed by atoms with Gasteiger partial charge in [0.25, 0.3) is 0 Å². The van der Waals surface area contributed by atoms with Crippen molar-refractivity contribution in [2.75, 3.05) is 7.11 Å². The number of nitrogens with zero attached hydrogens (tertiary/aromatic N) is 1. The maximum atomic E-state index is 10.9. The fraction of sp³-hybridized carbons (Fsp3) is 0.167. The number of methoxy groups -OCH3 is 1. The second-order valence-corrected chi connectivity index (χ2v) is 2.53. The molecule has 1 aromatic heterocycles. The fourth-order valence-corrected chi connectivity index (χ4v) is 0.993.